The smallest absolute Gasteiger partial charge is 0.0198 e. The molecule has 0 bridgehead atoms. The molecule has 0 spiro atoms. The van der Waals surface area contributed by atoms with Gasteiger partial charge in [0.1, 0.15) is 0 Å². The van der Waals surface area contributed by atoms with Gasteiger partial charge in [-0.2, -0.15) is 0 Å². The Bertz CT molecular complexity index is 271. The minimum absolute atomic E-state index is 0.728. The summed E-state index contributed by atoms with van der Waals surface area (Å²) < 4.78 is 0. The highest BCUT2D eigenvalue weighted by Gasteiger charge is 2.31. The number of piperidine rings is 1. The third-order valence-corrected chi connectivity index (χ3v) is 5.84. The molecule has 3 unspecified atom stereocenters. The summed E-state index contributed by atoms with van der Waals surface area (Å²) in [6.45, 7) is 13.4. The number of nitrogens with zero attached hydrogens (tertiary/aromatic N) is 1. The monoisotopic (exact) mass is 280 g/mol. The molecule has 0 aromatic rings. The van der Waals surface area contributed by atoms with Crippen LogP contribution < -0.4 is 5.32 Å². The van der Waals surface area contributed by atoms with E-state index < -0.39 is 0 Å². The van der Waals surface area contributed by atoms with Gasteiger partial charge in [-0.15, -0.1) is 0 Å². The van der Waals surface area contributed by atoms with Crippen LogP contribution in [0, 0.1) is 17.8 Å². The van der Waals surface area contributed by atoms with Crippen molar-refractivity contribution >= 4 is 0 Å². The van der Waals surface area contributed by atoms with Gasteiger partial charge in [-0.05, 0) is 56.9 Å². The fraction of sp³-hybridized carbons (Fsp3) is 1.00. The van der Waals surface area contributed by atoms with E-state index in [1.54, 1.807) is 0 Å². The predicted octanol–water partition coefficient (Wildman–Crippen LogP) is 3.91. The molecule has 2 fully saturated rings. The number of nitrogens with one attached hydrogen (secondary N) is 1. The lowest BCUT2D eigenvalue weighted by atomic mass is 9.84. The third-order valence-electron chi connectivity index (χ3n) is 5.84. The molecule has 0 aromatic carbocycles. The van der Waals surface area contributed by atoms with Crippen molar-refractivity contribution in [2.75, 3.05) is 19.6 Å². The zero-order valence-electron chi connectivity index (χ0n) is 14.2. The van der Waals surface area contributed by atoms with Gasteiger partial charge in [0.2, 0.25) is 0 Å². The summed E-state index contributed by atoms with van der Waals surface area (Å²) in [5, 5.41) is 3.92. The van der Waals surface area contributed by atoms with E-state index in [4.69, 9.17) is 0 Å². The molecule has 1 heterocycles. The molecule has 2 heteroatoms. The van der Waals surface area contributed by atoms with Crippen molar-refractivity contribution in [3.8, 4) is 0 Å². The molecule has 2 rings (SSSR count). The Balaban J connectivity index is 1.85. The minimum atomic E-state index is 0.728. The van der Waals surface area contributed by atoms with E-state index in [0.717, 1.165) is 29.8 Å². The first-order valence-corrected chi connectivity index (χ1v) is 9.07. The third kappa shape index (κ3) is 4.46. The van der Waals surface area contributed by atoms with E-state index in [1.807, 2.05) is 0 Å². The van der Waals surface area contributed by atoms with Crippen LogP contribution in [0.4, 0.5) is 0 Å². The summed E-state index contributed by atoms with van der Waals surface area (Å²) >= 11 is 0. The SMILES string of the molecule is CCC(C)N1CC(NCC2CCCC2)CC(C(C)C)C1. The van der Waals surface area contributed by atoms with Gasteiger partial charge >= 0.3 is 0 Å². The molecule has 3 atom stereocenters. The zero-order chi connectivity index (χ0) is 14.5. The number of hydrogen-bond acceptors (Lipinski definition) is 2. The van der Waals surface area contributed by atoms with Crippen LogP contribution in [0.5, 0.6) is 0 Å². The Morgan fingerprint density at radius 3 is 2.40 bits per heavy atom. The van der Waals surface area contributed by atoms with Crippen LogP contribution in [0.25, 0.3) is 0 Å². The molecular weight excluding hydrogens is 244 g/mol. The Labute approximate surface area is 126 Å². The van der Waals surface area contributed by atoms with Crippen molar-refractivity contribution in [1.82, 2.24) is 10.2 Å². The number of hydrogen-bond donors (Lipinski definition) is 1. The van der Waals surface area contributed by atoms with Gasteiger partial charge in [0.15, 0.2) is 0 Å². The molecule has 1 aliphatic carbocycles. The molecule has 1 saturated heterocycles. The minimum Gasteiger partial charge on any atom is -0.312 e. The second kappa shape index (κ2) is 7.79. The Morgan fingerprint density at radius 1 is 1.10 bits per heavy atom. The van der Waals surface area contributed by atoms with Crippen molar-refractivity contribution in [3.63, 3.8) is 0 Å². The van der Waals surface area contributed by atoms with Gasteiger partial charge in [0.05, 0.1) is 0 Å². The normalized spacial score (nSPS) is 31.1. The van der Waals surface area contributed by atoms with Crippen LogP contribution in [0.1, 0.15) is 66.2 Å². The molecule has 1 saturated carbocycles. The fourth-order valence-electron chi connectivity index (χ4n) is 3.97. The highest BCUT2D eigenvalue weighted by atomic mass is 15.2. The molecule has 2 nitrogen and oxygen atoms in total. The molecule has 0 amide bonds. The topological polar surface area (TPSA) is 15.3 Å². The van der Waals surface area contributed by atoms with E-state index in [1.165, 1.54) is 58.2 Å². The molecule has 1 aliphatic heterocycles. The van der Waals surface area contributed by atoms with E-state index >= 15 is 0 Å². The highest BCUT2D eigenvalue weighted by molar-refractivity contribution is 4.87. The molecule has 118 valence electrons. The van der Waals surface area contributed by atoms with Crippen LogP contribution in [-0.2, 0) is 0 Å². The van der Waals surface area contributed by atoms with Crippen molar-refractivity contribution < 1.29 is 0 Å². The largest absolute Gasteiger partial charge is 0.312 e. The molecular formula is C18H36N2. The molecule has 1 N–H and O–H groups in total. The van der Waals surface area contributed by atoms with Gasteiger partial charge in [-0.3, -0.25) is 4.90 Å². The first-order chi connectivity index (χ1) is 9.60. The maximum atomic E-state index is 3.92. The van der Waals surface area contributed by atoms with E-state index in [9.17, 15) is 0 Å². The van der Waals surface area contributed by atoms with E-state index in [2.05, 4.69) is 37.9 Å². The Hall–Kier alpha value is -0.0800. The maximum absolute atomic E-state index is 3.92. The standard InChI is InChI=1S/C18H36N2/c1-5-15(4)20-12-17(14(2)3)10-18(13-20)19-11-16-8-6-7-9-16/h14-19H,5-13H2,1-4H3. The first kappa shape index (κ1) is 16.3. The summed E-state index contributed by atoms with van der Waals surface area (Å²) in [6.07, 6.45) is 8.51. The zero-order valence-corrected chi connectivity index (χ0v) is 14.2. The van der Waals surface area contributed by atoms with Crippen molar-refractivity contribution in [2.45, 2.75) is 78.3 Å². The fourth-order valence-corrected chi connectivity index (χ4v) is 3.97. The lowest BCUT2D eigenvalue weighted by Gasteiger charge is -2.43. The van der Waals surface area contributed by atoms with Crippen LogP contribution in [0.3, 0.4) is 0 Å². The van der Waals surface area contributed by atoms with Crippen LogP contribution in [0.15, 0.2) is 0 Å². The van der Waals surface area contributed by atoms with E-state index in [0.29, 0.717) is 0 Å². The summed E-state index contributed by atoms with van der Waals surface area (Å²) in [7, 11) is 0. The summed E-state index contributed by atoms with van der Waals surface area (Å²) in [5.74, 6) is 2.66. The van der Waals surface area contributed by atoms with Gasteiger partial charge < -0.3 is 5.32 Å². The van der Waals surface area contributed by atoms with Gasteiger partial charge in [-0.25, -0.2) is 0 Å². The Morgan fingerprint density at radius 2 is 1.80 bits per heavy atom. The average Bonchev–Trinajstić information content (AvgIpc) is 2.97. The highest BCUT2D eigenvalue weighted by Crippen LogP contribution is 2.27. The van der Waals surface area contributed by atoms with Gasteiger partial charge in [0.25, 0.3) is 0 Å². The summed E-state index contributed by atoms with van der Waals surface area (Å²) in [6, 6.07) is 1.47. The number of rotatable bonds is 6. The van der Waals surface area contributed by atoms with Crippen molar-refractivity contribution in [2.24, 2.45) is 17.8 Å². The molecule has 0 radical (unpaired) electrons. The lowest BCUT2D eigenvalue weighted by Crippen LogP contribution is -2.53. The van der Waals surface area contributed by atoms with Crippen LogP contribution >= 0.6 is 0 Å². The lowest BCUT2D eigenvalue weighted by molar-refractivity contribution is 0.0814. The average molecular weight is 280 g/mol. The first-order valence-electron chi connectivity index (χ1n) is 9.07. The van der Waals surface area contributed by atoms with Crippen LogP contribution in [0.2, 0.25) is 0 Å². The number of likely N-dealkylation sites (tertiary alicyclic amines) is 1. The second-order valence-corrected chi connectivity index (χ2v) is 7.71. The van der Waals surface area contributed by atoms with Crippen molar-refractivity contribution in [1.29, 1.82) is 0 Å². The van der Waals surface area contributed by atoms with Crippen LogP contribution in [-0.4, -0.2) is 36.6 Å². The predicted molar refractivity (Wildman–Crippen MR) is 88.0 cm³/mol. The molecule has 20 heavy (non-hydrogen) atoms. The Kier molecular flexibility index (Phi) is 6.35. The molecule has 0 aromatic heterocycles. The second-order valence-electron chi connectivity index (χ2n) is 7.71. The van der Waals surface area contributed by atoms with E-state index in [-0.39, 0.29) is 0 Å². The van der Waals surface area contributed by atoms with Gasteiger partial charge in [0, 0.05) is 25.2 Å². The quantitative estimate of drug-likeness (QED) is 0.793. The van der Waals surface area contributed by atoms with Gasteiger partial charge in [-0.1, -0.05) is 33.6 Å². The summed E-state index contributed by atoms with van der Waals surface area (Å²) in [5.41, 5.74) is 0. The maximum Gasteiger partial charge on any atom is 0.0198 e. The molecule has 2 aliphatic rings. The van der Waals surface area contributed by atoms with Crippen molar-refractivity contribution in [3.05, 3.63) is 0 Å². The summed E-state index contributed by atoms with van der Waals surface area (Å²) in [4.78, 5) is 2.74.